The Balaban J connectivity index is 2.39. The molecule has 1 aromatic rings. The Hall–Kier alpha value is -1.59. The molecule has 0 aromatic heterocycles. The third-order valence-corrected chi connectivity index (χ3v) is 3.44. The van der Waals surface area contributed by atoms with Crippen LogP contribution in [0.2, 0.25) is 0 Å². The summed E-state index contributed by atoms with van der Waals surface area (Å²) in [5.74, 6) is -0.576. The molecule has 1 aliphatic rings. The molecule has 104 valence electrons. The molecular weight excluding hydrogens is 248 g/mol. The predicted molar refractivity (Wildman–Crippen MR) is 68.5 cm³/mol. The molecule has 19 heavy (non-hydrogen) atoms. The van der Waals surface area contributed by atoms with Crippen molar-refractivity contribution < 1.29 is 24.5 Å². The number of rotatable bonds is 4. The molecule has 1 aromatic carbocycles. The van der Waals surface area contributed by atoms with E-state index in [4.69, 9.17) is 14.6 Å². The summed E-state index contributed by atoms with van der Waals surface area (Å²) in [4.78, 5) is 11.0. The monoisotopic (exact) mass is 266 g/mol. The molecule has 2 N–H and O–H groups in total. The van der Waals surface area contributed by atoms with Crippen LogP contribution in [0.3, 0.4) is 0 Å². The number of hydrogen-bond donors (Lipinski definition) is 2. The molecule has 0 saturated carbocycles. The van der Waals surface area contributed by atoms with Crippen molar-refractivity contribution >= 4 is 5.97 Å². The Morgan fingerprint density at radius 3 is 2.95 bits per heavy atom. The third-order valence-electron chi connectivity index (χ3n) is 3.44. The average Bonchev–Trinajstić information content (AvgIpc) is 2.39. The van der Waals surface area contributed by atoms with Gasteiger partial charge < -0.3 is 19.7 Å². The molecule has 1 aliphatic heterocycles. The first-order chi connectivity index (χ1) is 9.13. The second-order valence-electron chi connectivity index (χ2n) is 4.64. The second-order valence-corrected chi connectivity index (χ2v) is 4.64. The zero-order valence-electron chi connectivity index (χ0n) is 10.8. The lowest BCUT2D eigenvalue weighted by Gasteiger charge is -2.29. The Labute approximate surface area is 111 Å². The summed E-state index contributed by atoms with van der Waals surface area (Å²) in [6.45, 7) is 0.941. The van der Waals surface area contributed by atoms with Gasteiger partial charge in [0.1, 0.15) is 5.75 Å². The number of ether oxygens (including phenoxy) is 2. The van der Waals surface area contributed by atoms with E-state index >= 15 is 0 Å². The molecule has 0 bridgehead atoms. The van der Waals surface area contributed by atoms with E-state index in [0.29, 0.717) is 30.9 Å². The number of benzene rings is 1. The first-order valence-electron chi connectivity index (χ1n) is 6.27. The van der Waals surface area contributed by atoms with Crippen LogP contribution in [0.4, 0.5) is 0 Å². The van der Waals surface area contributed by atoms with Gasteiger partial charge in [-0.2, -0.15) is 0 Å². The molecule has 0 spiro atoms. The summed E-state index contributed by atoms with van der Waals surface area (Å²) >= 11 is 0. The van der Waals surface area contributed by atoms with Crippen LogP contribution in [-0.4, -0.2) is 42.6 Å². The van der Waals surface area contributed by atoms with E-state index in [-0.39, 0.29) is 12.3 Å². The molecule has 5 nitrogen and oxygen atoms in total. The number of hydrogen-bond acceptors (Lipinski definition) is 4. The molecular formula is C14H18O5. The fraction of sp³-hybridized carbons (Fsp3) is 0.500. The maximum absolute atomic E-state index is 11.0. The second kappa shape index (κ2) is 6.04. The summed E-state index contributed by atoms with van der Waals surface area (Å²) < 4.78 is 10.6. The number of aliphatic hydroxyl groups excluding tert-OH is 1. The third kappa shape index (κ3) is 3.05. The van der Waals surface area contributed by atoms with Crippen LogP contribution in [0.15, 0.2) is 18.2 Å². The zero-order chi connectivity index (χ0) is 13.8. The molecule has 2 atom stereocenters. The van der Waals surface area contributed by atoms with Crippen molar-refractivity contribution in [2.75, 3.05) is 20.3 Å². The van der Waals surface area contributed by atoms with Crippen molar-refractivity contribution in [3.05, 3.63) is 29.3 Å². The van der Waals surface area contributed by atoms with Gasteiger partial charge in [-0.05, 0) is 18.1 Å². The SMILES string of the molecule is COc1cccc(C2COCCC2O)c1CC(=O)O. The highest BCUT2D eigenvalue weighted by molar-refractivity contribution is 5.72. The molecule has 1 saturated heterocycles. The van der Waals surface area contributed by atoms with Gasteiger partial charge in [0.15, 0.2) is 0 Å². The van der Waals surface area contributed by atoms with Gasteiger partial charge in [-0.15, -0.1) is 0 Å². The average molecular weight is 266 g/mol. The van der Waals surface area contributed by atoms with Crippen LogP contribution >= 0.6 is 0 Å². The van der Waals surface area contributed by atoms with Crippen LogP contribution in [0, 0.1) is 0 Å². The smallest absolute Gasteiger partial charge is 0.307 e. The van der Waals surface area contributed by atoms with E-state index < -0.39 is 12.1 Å². The van der Waals surface area contributed by atoms with E-state index in [2.05, 4.69) is 0 Å². The van der Waals surface area contributed by atoms with Gasteiger partial charge in [-0.25, -0.2) is 0 Å². The van der Waals surface area contributed by atoms with Gasteiger partial charge >= 0.3 is 5.97 Å². The quantitative estimate of drug-likeness (QED) is 0.856. The lowest BCUT2D eigenvalue weighted by Crippen LogP contribution is -2.31. The van der Waals surface area contributed by atoms with Crippen LogP contribution in [-0.2, 0) is 16.0 Å². The molecule has 1 heterocycles. The van der Waals surface area contributed by atoms with Crippen molar-refractivity contribution in [3.8, 4) is 5.75 Å². The van der Waals surface area contributed by atoms with Crippen LogP contribution in [0.5, 0.6) is 5.75 Å². The summed E-state index contributed by atoms with van der Waals surface area (Å²) in [6.07, 6.45) is -0.0647. The number of aliphatic carboxylic acids is 1. The standard InChI is InChI=1S/C14H18O5/c1-18-13-4-2-3-9(10(13)7-14(16)17)11-8-19-6-5-12(11)15/h2-4,11-12,15H,5-8H2,1H3,(H,16,17). The van der Waals surface area contributed by atoms with E-state index in [0.717, 1.165) is 5.56 Å². The van der Waals surface area contributed by atoms with Gasteiger partial charge in [-0.1, -0.05) is 12.1 Å². The van der Waals surface area contributed by atoms with Crippen LogP contribution < -0.4 is 4.74 Å². The molecule has 0 amide bonds. The fourth-order valence-corrected chi connectivity index (χ4v) is 2.49. The number of carbonyl (C=O) groups is 1. The van der Waals surface area contributed by atoms with Gasteiger partial charge in [-0.3, -0.25) is 4.79 Å². The zero-order valence-corrected chi connectivity index (χ0v) is 10.8. The van der Waals surface area contributed by atoms with Crippen molar-refractivity contribution in [2.45, 2.75) is 24.9 Å². The summed E-state index contributed by atoms with van der Waals surface area (Å²) in [5, 5.41) is 19.1. The first kappa shape index (κ1) is 13.8. The fourth-order valence-electron chi connectivity index (χ4n) is 2.49. The summed E-state index contributed by atoms with van der Waals surface area (Å²) in [5.41, 5.74) is 1.42. The highest BCUT2D eigenvalue weighted by atomic mass is 16.5. The van der Waals surface area contributed by atoms with E-state index in [1.165, 1.54) is 7.11 Å². The molecule has 2 unspecified atom stereocenters. The van der Waals surface area contributed by atoms with Crippen LogP contribution in [0.1, 0.15) is 23.5 Å². The minimum absolute atomic E-state index is 0.122. The predicted octanol–water partition coefficient (Wildman–Crippen LogP) is 1.19. The maximum atomic E-state index is 11.0. The largest absolute Gasteiger partial charge is 0.496 e. The number of aliphatic hydroxyl groups is 1. The highest BCUT2D eigenvalue weighted by Crippen LogP contribution is 2.33. The Bertz CT molecular complexity index is 457. The summed E-state index contributed by atoms with van der Waals surface area (Å²) in [7, 11) is 1.51. The van der Waals surface area contributed by atoms with Crippen molar-refractivity contribution in [2.24, 2.45) is 0 Å². The van der Waals surface area contributed by atoms with Gasteiger partial charge in [0.2, 0.25) is 0 Å². The normalized spacial score (nSPS) is 23.1. The van der Waals surface area contributed by atoms with Crippen molar-refractivity contribution in [1.29, 1.82) is 0 Å². The lowest BCUT2D eigenvalue weighted by molar-refractivity contribution is -0.136. The van der Waals surface area contributed by atoms with E-state index in [1.54, 1.807) is 12.1 Å². The molecule has 1 fully saturated rings. The van der Waals surface area contributed by atoms with Crippen LogP contribution in [0.25, 0.3) is 0 Å². The minimum Gasteiger partial charge on any atom is -0.496 e. The minimum atomic E-state index is -0.919. The topological polar surface area (TPSA) is 76.0 Å². The maximum Gasteiger partial charge on any atom is 0.307 e. The molecule has 2 rings (SSSR count). The Morgan fingerprint density at radius 2 is 2.32 bits per heavy atom. The van der Waals surface area contributed by atoms with E-state index in [1.807, 2.05) is 6.07 Å². The van der Waals surface area contributed by atoms with Crippen molar-refractivity contribution in [3.63, 3.8) is 0 Å². The molecule has 0 aliphatic carbocycles. The lowest BCUT2D eigenvalue weighted by atomic mass is 9.86. The highest BCUT2D eigenvalue weighted by Gasteiger charge is 2.28. The van der Waals surface area contributed by atoms with Gasteiger partial charge in [0.25, 0.3) is 0 Å². The molecule has 0 radical (unpaired) electrons. The van der Waals surface area contributed by atoms with Gasteiger partial charge in [0.05, 0.1) is 26.2 Å². The van der Waals surface area contributed by atoms with E-state index in [9.17, 15) is 9.90 Å². The number of carboxylic acid groups (broad SMARTS) is 1. The Kier molecular flexibility index (Phi) is 4.39. The Morgan fingerprint density at radius 1 is 1.53 bits per heavy atom. The first-order valence-corrected chi connectivity index (χ1v) is 6.27. The summed E-state index contributed by atoms with van der Waals surface area (Å²) in [6, 6.07) is 5.38. The number of carboxylic acids is 1. The van der Waals surface area contributed by atoms with Gasteiger partial charge in [0, 0.05) is 18.1 Å². The number of methoxy groups -OCH3 is 1. The van der Waals surface area contributed by atoms with Crippen molar-refractivity contribution in [1.82, 2.24) is 0 Å². The molecule has 5 heteroatoms.